The first-order valence-corrected chi connectivity index (χ1v) is 10.8. The van der Waals surface area contributed by atoms with E-state index in [1.165, 1.54) is 0 Å². The first-order valence-electron chi connectivity index (χ1n) is 10.8. The van der Waals surface area contributed by atoms with E-state index < -0.39 is 6.10 Å². The average Bonchev–Trinajstić information content (AvgIpc) is 3.38. The highest BCUT2D eigenvalue weighted by Crippen LogP contribution is 2.35. The summed E-state index contributed by atoms with van der Waals surface area (Å²) in [7, 11) is 0. The molecule has 2 aromatic carbocycles. The standard InChI is InChI=1S/C25H25N3O3/c29-24(19-9-8-10-20(17-19)26-13-6-7-14-26)28-18-23(25(30)27-15-4-1-5-16-27)31-22-12-3-2-11-21(22)28/h2-3,6-14,17,23H,1,4-5,15-16,18H2/t23-/m1/s1. The molecule has 0 unspecified atom stereocenters. The number of nitrogens with zero attached hydrogens (tertiary/aromatic N) is 3. The Morgan fingerprint density at radius 2 is 1.65 bits per heavy atom. The van der Waals surface area contributed by atoms with Crippen LogP contribution in [0.2, 0.25) is 0 Å². The van der Waals surface area contributed by atoms with Crippen molar-refractivity contribution >= 4 is 17.5 Å². The third-order valence-electron chi connectivity index (χ3n) is 5.96. The van der Waals surface area contributed by atoms with Gasteiger partial charge in [-0.25, -0.2) is 0 Å². The van der Waals surface area contributed by atoms with Gasteiger partial charge in [0.1, 0.15) is 5.75 Å². The number of benzene rings is 2. The highest BCUT2D eigenvalue weighted by atomic mass is 16.5. The van der Waals surface area contributed by atoms with Gasteiger partial charge in [0.2, 0.25) is 0 Å². The first kappa shape index (κ1) is 19.4. The predicted molar refractivity (Wildman–Crippen MR) is 119 cm³/mol. The second-order valence-electron chi connectivity index (χ2n) is 8.02. The maximum atomic E-state index is 13.6. The van der Waals surface area contributed by atoms with Crippen LogP contribution in [0.4, 0.5) is 5.69 Å². The van der Waals surface area contributed by atoms with E-state index in [2.05, 4.69) is 0 Å². The fourth-order valence-corrected chi connectivity index (χ4v) is 4.34. The van der Waals surface area contributed by atoms with Crippen LogP contribution in [-0.2, 0) is 4.79 Å². The lowest BCUT2D eigenvalue weighted by atomic mass is 10.1. The summed E-state index contributed by atoms with van der Waals surface area (Å²) < 4.78 is 8.02. The number of carbonyl (C=O) groups is 2. The van der Waals surface area contributed by atoms with Crippen molar-refractivity contribution in [2.45, 2.75) is 25.4 Å². The summed E-state index contributed by atoms with van der Waals surface area (Å²) in [6, 6.07) is 18.9. The van der Waals surface area contributed by atoms with E-state index in [1.54, 1.807) is 4.90 Å². The highest BCUT2D eigenvalue weighted by molar-refractivity contribution is 6.08. The number of hydrogen-bond acceptors (Lipinski definition) is 3. The van der Waals surface area contributed by atoms with Gasteiger partial charge in [0.25, 0.3) is 11.8 Å². The number of hydrogen-bond donors (Lipinski definition) is 0. The minimum atomic E-state index is -0.690. The Bertz CT molecular complexity index is 1090. The molecule has 0 radical (unpaired) electrons. The summed E-state index contributed by atoms with van der Waals surface area (Å²) in [5.74, 6) is 0.397. The van der Waals surface area contributed by atoms with Crippen molar-refractivity contribution in [1.82, 2.24) is 9.47 Å². The molecule has 0 spiro atoms. The van der Waals surface area contributed by atoms with Crippen molar-refractivity contribution in [3.63, 3.8) is 0 Å². The Hall–Kier alpha value is -3.54. The van der Waals surface area contributed by atoms with Crippen LogP contribution in [0.3, 0.4) is 0 Å². The summed E-state index contributed by atoms with van der Waals surface area (Å²) in [6.45, 7) is 1.72. The molecular formula is C25H25N3O3. The van der Waals surface area contributed by atoms with Crippen molar-refractivity contribution < 1.29 is 14.3 Å². The van der Waals surface area contributed by atoms with Crippen molar-refractivity contribution in [3.8, 4) is 11.4 Å². The molecule has 158 valence electrons. The molecule has 2 aliphatic heterocycles. The third-order valence-corrected chi connectivity index (χ3v) is 5.96. The zero-order chi connectivity index (χ0) is 21.2. The van der Waals surface area contributed by atoms with Crippen molar-refractivity contribution in [3.05, 3.63) is 78.6 Å². The fourth-order valence-electron chi connectivity index (χ4n) is 4.34. The van der Waals surface area contributed by atoms with E-state index in [9.17, 15) is 9.59 Å². The van der Waals surface area contributed by atoms with Gasteiger partial charge in [-0.1, -0.05) is 18.2 Å². The number of piperidine rings is 1. The monoisotopic (exact) mass is 415 g/mol. The molecule has 0 saturated carbocycles. The van der Waals surface area contributed by atoms with Gasteiger partial charge < -0.3 is 19.1 Å². The van der Waals surface area contributed by atoms with Crippen LogP contribution in [0.1, 0.15) is 29.6 Å². The molecule has 3 aromatic rings. The number of fused-ring (bicyclic) bond motifs is 1. The second-order valence-corrected chi connectivity index (χ2v) is 8.02. The van der Waals surface area contributed by atoms with Gasteiger partial charge in [-0.05, 0) is 61.7 Å². The molecule has 0 N–H and O–H groups in total. The lowest BCUT2D eigenvalue weighted by Crippen LogP contribution is -2.52. The van der Waals surface area contributed by atoms with Crippen LogP contribution in [-0.4, -0.2) is 47.0 Å². The van der Waals surface area contributed by atoms with E-state index in [0.717, 1.165) is 38.0 Å². The number of carbonyl (C=O) groups excluding carboxylic acids is 2. The Morgan fingerprint density at radius 1 is 0.871 bits per heavy atom. The van der Waals surface area contributed by atoms with E-state index >= 15 is 0 Å². The third kappa shape index (κ3) is 3.81. The van der Waals surface area contributed by atoms with E-state index in [4.69, 9.17) is 4.74 Å². The minimum absolute atomic E-state index is 0.0342. The van der Waals surface area contributed by atoms with E-state index in [1.807, 2.05) is 82.5 Å². The summed E-state index contributed by atoms with van der Waals surface area (Å²) in [5, 5.41) is 0. The molecule has 0 bridgehead atoms. The van der Waals surface area contributed by atoms with Crippen molar-refractivity contribution in [2.24, 2.45) is 0 Å². The van der Waals surface area contributed by atoms with Gasteiger partial charge in [-0.15, -0.1) is 0 Å². The van der Waals surface area contributed by atoms with Crippen LogP contribution < -0.4 is 9.64 Å². The Labute approximate surface area is 181 Å². The maximum Gasteiger partial charge on any atom is 0.265 e. The number of rotatable bonds is 3. The highest BCUT2D eigenvalue weighted by Gasteiger charge is 2.36. The van der Waals surface area contributed by atoms with Crippen LogP contribution in [0.25, 0.3) is 5.69 Å². The predicted octanol–water partition coefficient (Wildman–Crippen LogP) is 3.90. The number of anilines is 1. The van der Waals surface area contributed by atoms with E-state index in [-0.39, 0.29) is 18.4 Å². The van der Waals surface area contributed by atoms with Crippen molar-refractivity contribution in [1.29, 1.82) is 0 Å². The molecule has 5 rings (SSSR count). The molecule has 2 aliphatic rings. The summed E-state index contributed by atoms with van der Waals surface area (Å²) in [6.07, 6.45) is 6.39. The first-order chi connectivity index (χ1) is 15.2. The van der Waals surface area contributed by atoms with Crippen LogP contribution in [0.5, 0.6) is 5.75 Å². The van der Waals surface area contributed by atoms with Gasteiger partial charge in [-0.2, -0.15) is 0 Å². The molecular weight excluding hydrogens is 390 g/mol. The molecule has 3 heterocycles. The normalized spacial score (nSPS) is 18.3. The molecule has 1 saturated heterocycles. The largest absolute Gasteiger partial charge is 0.476 e. The molecule has 2 amide bonds. The van der Waals surface area contributed by atoms with Gasteiger partial charge in [0.05, 0.1) is 12.2 Å². The topological polar surface area (TPSA) is 54.8 Å². The number of para-hydroxylation sites is 2. The SMILES string of the molecule is O=C([C@H]1CN(C(=O)c2cccc(-n3cccc3)c2)c2ccccc2O1)N1CCCCC1. The van der Waals surface area contributed by atoms with Crippen LogP contribution in [0.15, 0.2) is 73.1 Å². The zero-order valence-corrected chi connectivity index (χ0v) is 17.3. The Morgan fingerprint density at radius 3 is 2.45 bits per heavy atom. The summed E-state index contributed by atoms with van der Waals surface area (Å²) in [4.78, 5) is 30.3. The molecule has 6 heteroatoms. The number of ether oxygens (including phenoxy) is 1. The minimum Gasteiger partial charge on any atom is -0.476 e. The maximum absolute atomic E-state index is 13.6. The number of amides is 2. The van der Waals surface area contributed by atoms with Gasteiger partial charge in [-0.3, -0.25) is 9.59 Å². The lowest BCUT2D eigenvalue weighted by molar-refractivity contribution is -0.139. The van der Waals surface area contributed by atoms with Gasteiger partial charge in [0.15, 0.2) is 6.10 Å². The fraction of sp³-hybridized carbons (Fsp3) is 0.280. The lowest BCUT2D eigenvalue weighted by Gasteiger charge is -2.37. The molecule has 6 nitrogen and oxygen atoms in total. The molecule has 31 heavy (non-hydrogen) atoms. The second kappa shape index (κ2) is 8.30. The summed E-state index contributed by atoms with van der Waals surface area (Å²) in [5.41, 5.74) is 2.19. The molecule has 1 atom stereocenters. The Balaban J connectivity index is 1.45. The number of aromatic nitrogens is 1. The summed E-state index contributed by atoms with van der Waals surface area (Å²) >= 11 is 0. The average molecular weight is 415 g/mol. The number of likely N-dealkylation sites (tertiary alicyclic amines) is 1. The van der Waals surface area contributed by atoms with E-state index in [0.29, 0.717) is 17.0 Å². The van der Waals surface area contributed by atoms with Crippen molar-refractivity contribution in [2.75, 3.05) is 24.5 Å². The zero-order valence-electron chi connectivity index (χ0n) is 17.3. The molecule has 1 fully saturated rings. The van der Waals surface area contributed by atoms with Crippen LogP contribution >= 0.6 is 0 Å². The smallest absolute Gasteiger partial charge is 0.265 e. The van der Waals surface area contributed by atoms with Crippen LogP contribution in [0, 0.1) is 0 Å². The van der Waals surface area contributed by atoms with Gasteiger partial charge in [0, 0.05) is 36.7 Å². The quantitative estimate of drug-likeness (QED) is 0.652. The Kier molecular flexibility index (Phi) is 5.20. The van der Waals surface area contributed by atoms with Gasteiger partial charge >= 0.3 is 0 Å². The molecule has 1 aromatic heterocycles. The molecule has 0 aliphatic carbocycles.